The molecule has 4 aromatic rings. The number of hydrogen-bond donors (Lipinski definition) is 1. The van der Waals surface area contributed by atoms with Crippen molar-refractivity contribution in [1.29, 1.82) is 0 Å². The molecule has 0 saturated heterocycles. The van der Waals surface area contributed by atoms with Gasteiger partial charge in [0.05, 0.1) is 5.70 Å². The first-order valence-electron chi connectivity index (χ1n) is 9.35. The Bertz CT molecular complexity index is 1280. The Balaban J connectivity index is 1.63. The molecule has 30 heavy (non-hydrogen) atoms. The average Bonchev–Trinajstić information content (AvgIpc) is 3.44. The Morgan fingerprint density at radius 2 is 2.00 bits per heavy atom. The van der Waals surface area contributed by atoms with Crippen molar-refractivity contribution in [3.8, 4) is 5.75 Å². The third kappa shape index (κ3) is 2.80. The summed E-state index contributed by atoms with van der Waals surface area (Å²) in [7, 11) is 0. The molecule has 2 aliphatic rings. The van der Waals surface area contributed by atoms with E-state index in [4.69, 9.17) is 16.3 Å². The second-order valence-corrected chi connectivity index (χ2v) is 9.42. The van der Waals surface area contributed by atoms with Gasteiger partial charge in [0.1, 0.15) is 24.2 Å². The monoisotopic (exact) mass is 496 g/mol. The summed E-state index contributed by atoms with van der Waals surface area (Å²) >= 11 is 11.6. The van der Waals surface area contributed by atoms with Gasteiger partial charge in [-0.2, -0.15) is 10.1 Å². The van der Waals surface area contributed by atoms with Crippen LogP contribution in [0.1, 0.15) is 28.1 Å². The second-order valence-electron chi connectivity index (χ2n) is 7.09. The van der Waals surface area contributed by atoms with E-state index < -0.39 is 0 Å². The van der Waals surface area contributed by atoms with Gasteiger partial charge in [-0.05, 0) is 47.3 Å². The first-order chi connectivity index (χ1) is 14.7. The Hall–Kier alpha value is -2.61. The molecular formula is C22H14BrClN4OS. The van der Waals surface area contributed by atoms with Crippen molar-refractivity contribution in [1.82, 2.24) is 14.8 Å². The smallest absolute Gasteiger partial charge is 0.226 e. The van der Waals surface area contributed by atoms with Crippen LogP contribution in [0.15, 0.2) is 76.4 Å². The van der Waals surface area contributed by atoms with E-state index in [9.17, 15) is 0 Å². The summed E-state index contributed by atoms with van der Waals surface area (Å²) in [5.74, 6) is 1.49. The normalized spacial score (nSPS) is 19.4. The number of fused-ring (bicyclic) bond motifs is 3. The molecule has 0 unspecified atom stereocenters. The van der Waals surface area contributed by atoms with Crippen LogP contribution in [-0.2, 0) is 0 Å². The lowest BCUT2D eigenvalue weighted by Gasteiger charge is -2.38. The number of aromatic nitrogens is 3. The van der Waals surface area contributed by atoms with Crippen molar-refractivity contribution < 1.29 is 4.74 Å². The van der Waals surface area contributed by atoms with Gasteiger partial charge in [-0.1, -0.05) is 45.7 Å². The van der Waals surface area contributed by atoms with Gasteiger partial charge < -0.3 is 10.1 Å². The molecule has 2 aromatic carbocycles. The molecule has 0 saturated carbocycles. The number of ether oxygens (including phenoxy) is 1. The molecule has 1 N–H and O–H groups in total. The molecule has 0 fully saturated rings. The van der Waals surface area contributed by atoms with Crippen molar-refractivity contribution >= 4 is 50.5 Å². The van der Waals surface area contributed by atoms with Crippen LogP contribution >= 0.6 is 38.9 Å². The molecule has 148 valence electrons. The first kappa shape index (κ1) is 18.2. The number of nitrogens with zero attached hydrogens (tertiary/aromatic N) is 3. The third-order valence-corrected chi connectivity index (χ3v) is 7.05. The number of thiophene rings is 1. The summed E-state index contributed by atoms with van der Waals surface area (Å²) < 4.78 is 9.53. The average molecular weight is 498 g/mol. The minimum atomic E-state index is -0.279. The Morgan fingerprint density at radius 1 is 1.13 bits per heavy atom. The van der Waals surface area contributed by atoms with Crippen molar-refractivity contribution in [2.24, 2.45) is 0 Å². The number of nitrogens with one attached hydrogen (secondary N) is 1. The van der Waals surface area contributed by atoms with Crippen LogP contribution in [-0.4, -0.2) is 14.8 Å². The molecule has 5 nitrogen and oxygen atoms in total. The Labute approximate surface area is 190 Å². The van der Waals surface area contributed by atoms with E-state index in [1.807, 2.05) is 35.0 Å². The van der Waals surface area contributed by atoms with Crippen molar-refractivity contribution in [3.05, 3.63) is 97.4 Å². The fraction of sp³-hybridized carbons (Fsp3) is 0.0909. The summed E-state index contributed by atoms with van der Waals surface area (Å²) in [6.07, 6.45) is 1.30. The predicted octanol–water partition coefficient (Wildman–Crippen LogP) is 6.32. The van der Waals surface area contributed by atoms with Crippen LogP contribution < -0.4 is 10.1 Å². The molecular weight excluding hydrogens is 484 g/mol. The van der Waals surface area contributed by atoms with Crippen molar-refractivity contribution in [2.45, 2.75) is 12.1 Å². The molecule has 0 bridgehead atoms. The van der Waals surface area contributed by atoms with Gasteiger partial charge in [0.25, 0.3) is 0 Å². The number of hydrogen-bond acceptors (Lipinski definition) is 5. The first-order valence-corrected chi connectivity index (χ1v) is 11.4. The quantitative estimate of drug-likeness (QED) is 0.352. The van der Waals surface area contributed by atoms with E-state index in [0.717, 1.165) is 32.6 Å². The van der Waals surface area contributed by atoms with Crippen LogP contribution in [0.25, 0.3) is 5.70 Å². The highest BCUT2D eigenvalue weighted by atomic mass is 79.9. The fourth-order valence-corrected chi connectivity index (χ4v) is 5.34. The molecule has 2 aromatic heterocycles. The zero-order valence-corrected chi connectivity index (χ0v) is 18.6. The summed E-state index contributed by atoms with van der Waals surface area (Å²) in [5.41, 5.74) is 4.07. The Morgan fingerprint density at radius 3 is 2.80 bits per heavy atom. The maximum Gasteiger partial charge on any atom is 0.226 e. The number of anilines is 1. The summed E-state index contributed by atoms with van der Waals surface area (Å²) in [6, 6.07) is 18.0. The molecule has 4 heterocycles. The molecule has 0 aliphatic carbocycles. The maximum absolute atomic E-state index is 6.57. The van der Waals surface area contributed by atoms with E-state index in [2.05, 4.69) is 61.0 Å². The van der Waals surface area contributed by atoms with Crippen LogP contribution in [0.2, 0.25) is 5.02 Å². The van der Waals surface area contributed by atoms with Crippen LogP contribution in [0, 0.1) is 0 Å². The molecule has 0 amide bonds. The van der Waals surface area contributed by atoms with Gasteiger partial charge in [0, 0.05) is 25.5 Å². The maximum atomic E-state index is 6.57. The van der Waals surface area contributed by atoms with Crippen LogP contribution in [0.5, 0.6) is 5.75 Å². The highest BCUT2D eigenvalue weighted by Crippen LogP contribution is 2.51. The minimum Gasteiger partial charge on any atom is -0.480 e. The summed E-state index contributed by atoms with van der Waals surface area (Å²) in [5, 5.41) is 10.8. The zero-order valence-electron chi connectivity index (χ0n) is 15.4. The highest BCUT2D eigenvalue weighted by molar-refractivity contribution is 9.10. The van der Waals surface area contributed by atoms with E-state index >= 15 is 0 Å². The molecule has 8 heteroatoms. The molecule has 0 radical (unpaired) electrons. The van der Waals surface area contributed by atoms with Crippen molar-refractivity contribution in [3.63, 3.8) is 0 Å². The second kappa shape index (κ2) is 6.97. The fourth-order valence-electron chi connectivity index (χ4n) is 4.07. The van der Waals surface area contributed by atoms with Gasteiger partial charge in [0.15, 0.2) is 0 Å². The molecule has 6 rings (SSSR count). The van der Waals surface area contributed by atoms with Gasteiger partial charge in [-0.15, -0.1) is 11.3 Å². The Kier molecular flexibility index (Phi) is 4.23. The zero-order chi connectivity index (χ0) is 20.2. The van der Waals surface area contributed by atoms with Crippen LogP contribution in [0.4, 0.5) is 5.95 Å². The van der Waals surface area contributed by atoms with Gasteiger partial charge >= 0.3 is 0 Å². The van der Waals surface area contributed by atoms with Crippen molar-refractivity contribution in [2.75, 3.05) is 5.32 Å². The highest BCUT2D eigenvalue weighted by Gasteiger charge is 2.41. The summed E-state index contributed by atoms with van der Waals surface area (Å²) in [4.78, 5) is 5.62. The standard InChI is InChI=1S/C22H14BrClN4OS/c23-13-5-3-12(4-6-13)21-18-19(15-10-14(24)7-8-16(15)29-21)27-22-25-11-26-28(22)20(18)17-2-1-9-30-17/h1-11,20-21H,(H,25,26,27)/t20-,21-/m1/s1. The number of benzene rings is 2. The third-order valence-electron chi connectivity index (χ3n) is 5.36. The molecule has 0 spiro atoms. The lowest BCUT2D eigenvalue weighted by Crippen LogP contribution is -2.32. The van der Waals surface area contributed by atoms with Crippen LogP contribution in [0.3, 0.4) is 0 Å². The van der Waals surface area contributed by atoms with E-state index in [0.29, 0.717) is 11.0 Å². The van der Waals surface area contributed by atoms with Gasteiger partial charge in [-0.25, -0.2) is 4.68 Å². The lowest BCUT2D eigenvalue weighted by atomic mass is 9.87. The predicted molar refractivity (Wildman–Crippen MR) is 122 cm³/mol. The van der Waals surface area contributed by atoms with Gasteiger partial charge in [0.2, 0.25) is 5.95 Å². The summed E-state index contributed by atoms with van der Waals surface area (Å²) in [6.45, 7) is 0. The number of rotatable bonds is 2. The van der Waals surface area contributed by atoms with Gasteiger partial charge in [-0.3, -0.25) is 0 Å². The van der Waals surface area contributed by atoms with E-state index in [-0.39, 0.29) is 12.1 Å². The topological polar surface area (TPSA) is 52.0 Å². The SMILES string of the molecule is Clc1ccc2c(c1)C1=C([C@@H](c3ccc(Br)cc3)O2)[C@@H](c2cccs2)n2ncnc2N1. The number of halogens is 2. The lowest BCUT2D eigenvalue weighted by molar-refractivity contribution is 0.223. The molecule has 2 atom stereocenters. The largest absolute Gasteiger partial charge is 0.480 e. The van der Waals surface area contributed by atoms with E-state index in [1.165, 1.54) is 4.88 Å². The van der Waals surface area contributed by atoms with E-state index in [1.54, 1.807) is 17.7 Å². The minimum absolute atomic E-state index is 0.125. The molecule has 2 aliphatic heterocycles.